The lowest BCUT2D eigenvalue weighted by Crippen LogP contribution is -2.23. The summed E-state index contributed by atoms with van der Waals surface area (Å²) < 4.78 is 5.47. The first kappa shape index (κ1) is 14.9. The second kappa shape index (κ2) is 6.39. The van der Waals surface area contributed by atoms with Crippen LogP contribution in [0.1, 0.15) is 22.8 Å². The maximum absolute atomic E-state index is 12.3. The Morgan fingerprint density at radius 3 is 2.74 bits per heavy atom. The quantitative estimate of drug-likeness (QED) is 0.675. The molecule has 3 rings (SSSR count). The Bertz CT molecular complexity index is 895. The summed E-state index contributed by atoms with van der Waals surface area (Å²) in [5, 5.41) is 2.86. The van der Waals surface area contributed by atoms with E-state index in [2.05, 4.69) is 15.3 Å². The van der Waals surface area contributed by atoms with Crippen molar-refractivity contribution in [3.8, 4) is 5.75 Å². The zero-order chi connectivity index (χ0) is 16.2. The van der Waals surface area contributed by atoms with Crippen molar-refractivity contribution in [1.82, 2.24) is 15.3 Å². The van der Waals surface area contributed by atoms with Gasteiger partial charge in [-0.05, 0) is 36.8 Å². The topological polar surface area (TPSA) is 87.0 Å². The predicted molar refractivity (Wildman–Crippen MR) is 87.7 cm³/mol. The van der Waals surface area contributed by atoms with E-state index >= 15 is 0 Å². The van der Waals surface area contributed by atoms with Crippen molar-refractivity contribution in [2.24, 2.45) is 0 Å². The van der Waals surface area contributed by atoms with Gasteiger partial charge in [0, 0.05) is 6.54 Å². The van der Waals surface area contributed by atoms with E-state index in [-0.39, 0.29) is 11.6 Å². The molecule has 0 saturated heterocycles. The fourth-order valence-electron chi connectivity index (χ4n) is 2.40. The Kier molecular flexibility index (Phi) is 4.14. The Balaban J connectivity index is 1.74. The summed E-state index contributed by atoms with van der Waals surface area (Å²) in [5.74, 6) is 0.370. The first-order valence-electron chi connectivity index (χ1n) is 7.38. The smallest absolute Gasteiger partial charge is 0.323 e. The van der Waals surface area contributed by atoms with Crippen molar-refractivity contribution < 1.29 is 9.53 Å². The molecule has 0 saturated carbocycles. The molecular formula is C17H17N3O3. The van der Waals surface area contributed by atoms with Crippen molar-refractivity contribution in [3.63, 3.8) is 0 Å². The number of amides is 1. The van der Waals surface area contributed by atoms with Crippen LogP contribution in [0.5, 0.6) is 5.75 Å². The monoisotopic (exact) mass is 311 g/mol. The number of rotatable bonds is 5. The summed E-state index contributed by atoms with van der Waals surface area (Å²) in [6.45, 7) is 2.74. The van der Waals surface area contributed by atoms with Crippen LogP contribution in [0.2, 0.25) is 0 Å². The highest BCUT2D eigenvalue weighted by Crippen LogP contribution is 2.18. The summed E-state index contributed by atoms with van der Waals surface area (Å²) in [4.78, 5) is 29.0. The van der Waals surface area contributed by atoms with Crippen LogP contribution in [-0.4, -0.2) is 22.5 Å². The van der Waals surface area contributed by atoms with Gasteiger partial charge in [-0.3, -0.25) is 4.79 Å². The average Bonchev–Trinajstić information content (AvgIpc) is 2.92. The molecule has 2 aromatic carbocycles. The average molecular weight is 311 g/mol. The Labute approximate surface area is 132 Å². The molecule has 6 heteroatoms. The molecule has 0 aliphatic carbocycles. The van der Waals surface area contributed by atoms with Crippen LogP contribution in [-0.2, 0) is 6.54 Å². The number of hydrogen-bond acceptors (Lipinski definition) is 3. The molecule has 6 nitrogen and oxygen atoms in total. The highest BCUT2D eigenvalue weighted by molar-refractivity contribution is 5.96. The van der Waals surface area contributed by atoms with Gasteiger partial charge in [0.1, 0.15) is 5.75 Å². The van der Waals surface area contributed by atoms with Crippen molar-refractivity contribution in [3.05, 3.63) is 64.1 Å². The molecule has 0 unspecified atom stereocenters. The van der Waals surface area contributed by atoms with Gasteiger partial charge in [-0.15, -0.1) is 0 Å². The minimum Gasteiger partial charge on any atom is -0.493 e. The standard InChI is InChI=1S/C17H17N3O3/c1-2-23-15-6-4-3-5-12(15)16(21)18-10-11-7-8-13-14(9-11)20-17(22)19-13/h3-9H,2,10H2,1H3,(H,18,21)(H2,19,20,22). The third-order valence-corrected chi connectivity index (χ3v) is 3.46. The fraction of sp³-hybridized carbons (Fsp3) is 0.176. The summed E-state index contributed by atoms with van der Waals surface area (Å²) in [6, 6.07) is 12.6. The van der Waals surface area contributed by atoms with Gasteiger partial charge >= 0.3 is 5.69 Å². The highest BCUT2D eigenvalue weighted by atomic mass is 16.5. The molecule has 1 heterocycles. The molecule has 0 radical (unpaired) electrons. The fourth-order valence-corrected chi connectivity index (χ4v) is 2.40. The van der Waals surface area contributed by atoms with Crippen molar-refractivity contribution in [2.75, 3.05) is 6.61 Å². The molecule has 1 aromatic heterocycles. The van der Waals surface area contributed by atoms with Gasteiger partial charge in [0.05, 0.1) is 23.2 Å². The molecule has 0 aliphatic heterocycles. The van der Waals surface area contributed by atoms with E-state index in [1.165, 1.54) is 0 Å². The largest absolute Gasteiger partial charge is 0.493 e. The van der Waals surface area contributed by atoms with Gasteiger partial charge in [0.2, 0.25) is 0 Å². The van der Waals surface area contributed by atoms with E-state index < -0.39 is 0 Å². The SMILES string of the molecule is CCOc1ccccc1C(=O)NCc1ccc2[nH]c(=O)[nH]c2c1. The molecule has 0 atom stereocenters. The molecule has 0 bridgehead atoms. The minimum atomic E-state index is -0.244. The predicted octanol–water partition coefficient (Wildman–Crippen LogP) is 2.18. The van der Waals surface area contributed by atoms with Crippen molar-refractivity contribution in [1.29, 1.82) is 0 Å². The molecule has 23 heavy (non-hydrogen) atoms. The third-order valence-electron chi connectivity index (χ3n) is 3.46. The first-order valence-corrected chi connectivity index (χ1v) is 7.38. The first-order chi connectivity index (χ1) is 11.2. The number of aromatic nitrogens is 2. The van der Waals surface area contributed by atoms with Gasteiger partial charge in [-0.25, -0.2) is 4.79 Å². The lowest BCUT2D eigenvalue weighted by atomic mass is 10.1. The van der Waals surface area contributed by atoms with Crippen LogP contribution in [0.25, 0.3) is 11.0 Å². The zero-order valence-electron chi connectivity index (χ0n) is 12.7. The minimum absolute atomic E-state index is 0.197. The summed E-state index contributed by atoms with van der Waals surface area (Å²) in [5.41, 5.74) is 2.62. The molecule has 3 aromatic rings. The maximum atomic E-state index is 12.3. The van der Waals surface area contributed by atoms with Crippen LogP contribution >= 0.6 is 0 Å². The lowest BCUT2D eigenvalue weighted by Gasteiger charge is -2.10. The summed E-state index contributed by atoms with van der Waals surface area (Å²) in [6.07, 6.45) is 0. The Morgan fingerprint density at radius 1 is 1.13 bits per heavy atom. The number of ether oxygens (including phenoxy) is 1. The van der Waals surface area contributed by atoms with E-state index in [4.69, 9.17) is 4.74 Å². The summed E-state index contributed by atoms with van der Waals surface area (Å²) >= 11 is 0. The van der Waals surface area contributed by atoms with E-state index in [1.807, 2.05) is 31.2 Å². The van der Waals surface area contributed by atoms with Crippen LogP contribution in [0, 0.1) is 0 Å². The van der Waals surface area contributed by atoms with Gasteiger partial charge in [0.25, 0.3) is 5.91 Å². The van der Waals surface area contributed by atoms with Gasteiger partial charge in [-0.2, -0.15) is 0 Å². The van der Waals surface area contributed by atoms with Crippen molar-refractivity contribution >= 4 is 16.9 Å². The number of carbonyl (C=O) groups is 1. The Morgan fingerprint density at radius 2 is 1.91 bits per heavy atom. The van der Waals surface area contributed by atoms with E-state index in [1.54, 1.807) is 18.2 Å². The molecule has 1 amide bonds. The molecule has 3 N–H and O–H groups in total. The van der Waals surface area contributed by atoms with Crippen LogP contribution in [0.4, 0.5) is 0 Å². The third kappa shape index (κ3) is 3.26. The normalized spacial score (nSPS) is 10.7. The van der Waals surface area contributed by atoms with E-state index in [0.717, 1.165) is 16.6 Å². The molecule has 0 fully saturated rings. The number of nitrogens with one attached hydrogen (secondary N) is 3. The summed E-state index contributed by atoms with van der Waals surface area (Å²) in [7, 11) is 0. The van der Waals surface area contributed by atoms with Crippen molar-refractivity contribution in [2.45, 2.75) is 13.5 Å². The van der Waals surface area contributed by atoms with E-state index in [0.29, 0.717) is 24.5 Å². The Hall–Kier alpha value is -3.02. The molecule has 118 valence electrons. The van der Waals surface area contributed by atoms with Crippen LogP contribution in [0.3, 0.4) is 0 Å². The zero-order valence-corrected chi connectivity index (χ0v) is 12.7. The van der Waals surface area contributed by atoms with Crippen LogP contribution < -0.4 is 15.7 Å². The van der Waals surface area contributed by atoms with E-state index in [9.17, 15) is 9.59 Å². The van der Waals surface area contributed by atoms with Gasteiger partial charge in [-0.1, -0.05) is 18.2 Å². The molecule has 0 spiro atoms. The number of aromatic amines is 2. The number of hydrogen-bond donors (Lipinski definition) is 3. The second-order valence-electron chi connectivity index (χ2n) is 5.07. The molecule has 0 aliphatic rings. The second-order valence-corrected chi connectivity index (χ2v) is 5.07. The number of carbonyl (C=O) groups excluding carboxylic acids is 1. The molecular weight excluding hydrogens is 294 g/mol. The van der Waals surface area contributed by atoms with Crippen LogP contribution in [0.15, 0.2) is 47.3 Å². The number of benzene rings is 2. The van der Waals surface area contributed by atoms with Gasteiger partial charge < -0.3 is 20.0 Å². The van der Waals surface area contributed by atoms with Gasteiger partial charge in [0.15, 0.2) is 0 Å². The number of fused-ring (bicyclic) bond motifs is 1. The number of para-hydroxylation sites is 1. The lowest BCUT2D eigenvalue weighted by molar-refractivity contribution is 0.0947. The number of imidazole rings is 1. The number of H-pyrrole nitrogens is 2. The highest BCUT2D eigenvalue weighted by Gasteiger charge is 2.11. The maximum Gasteiger partial charge on any atom is 0.323 e.